The molecule has 0 aliphatic rings. The first-order valence-electron chi connectivity index (χ1n) is 3.00. The summed E-state index contributed by atoms with van der Waals surface area (Å²) in [6.45, 7) is 0. The van der Waals surface area contributed by atoms with Gasteiger partial charge in [0.1, 0.15) is 0 Å². The quantitative estimate of drug-likeness (QED) is 0.714. The Bertz CT molecular complexity index is 261. The van der Waals surface area contributed by atoms with Crippen LogP contribution in [0.15, 0.2) is 5.38 Å². The molecule has 1 rings (SSSR count). The fourth-order valence-corrected chi connectivity index (χ4v) is 1.57. The van der Waals surface area contributed by atoms with Crippen LogP contribution in [0.2, 0.25) is 0 Å². The standard InChI is InChI=1S/C6H7ClN2OS/c1-8-5(10)6-9-4(2-7)3-11-6/h3H,2H2,1H3,(H,8,10). The van der Waals surface area contributed by atoms with Crippen molar-refractivity contribution in [3.8, 4) is 0 Å². The van der Waals surface area contributed by atoms with Gasteiger partial charge in [0, 0.05) is 12.4 Å². The summed E-state index contributed by atoms with van der Waals surface area (Å²) in [6, 6.07) is 0. The lowest BCUT2D eigenvalue weighted by atomic mass is 10.5. The zero-order valence-corrected chi connectivity index (χ0v) is 7.50. The maximum Gasteiger partial charge on any atom is 0.280 e. The van der Waals surface area contributed by atoms with Crippen molar-refractivity contribution >= 4 is 28.8 Å². The highest BCUT2D eigenvalue weighted by molar-refractivity contribution is 7.11. The molecule has 0 atom stereocenters. The number of carbonyl (C=O) groups excluding carboxylic acids is 1. The van der Waals surface area contributed by atoms with E-state index < -0.39 is 0 Å². The Labute approximate surface area is 73.4 Å². The number of hydrogen-bond acceptors (Lipinski definition) is 3. The van der Waals surface area contributed by atoms with E-state index in [0.717, 1.165) is 5.69 Å². The highest BCUT2D eigenvalue weighted by Gasteiger charge is 2.07. The number of nitrogens with zero attached hydrogens (tertiary/aromatic N) is 1. The highest BCUT2D eigenvalue weighted by atomic mass is 35.5. The summed E-state index contributed by atoms with van der Waals surface area (Å²) in [5.74, 6) is 0.194. The number of carbonyl (C=O) groups is 1. The topological polar surface area (TPSA) is 42.0 Å². The molecule has 11 heavy (non-hydrogen) atoms. The van der Waals surface area contributed by atoms with E-state index in [9.17, 15) is 4.79 Å². The number of nitrogens with one attached hydrogen (secondary N) is 1. The number of rotatable bonds is 2. The second-order valence-electron chi connectivity index (χ2n) is 1.86. The Kier molecular flexibility index (Phi) is 2.84. The molecule has 0 aliphatic carbocycles. The minimum Gasteiger partial charge on any atom is -0.353 e. The molecule has 0 saturated heterocycles. The van der Waals surface area contributed by atoms with Crippen molar-refractivity contribution in [2.45, 2.75) is 5.88 Å². The fraction of sp³-hybridized carbons (Fsp3) is 0.333. The molecule has 1 aromatic rings. The third-order valence-corrected chi connectivity index (χ3v) is 2.27. The Morgan fingerprint density at radius 2 is 2.64 bits per heavy atom. The van der Waals surface area contributed by atoms with Gasteiger partial charge >= 0.3 is 0 Å². The summed E-state index contributed by atoms with van der Waals surface area (Å²) >= 11 is 6.80. The summed E-state index contributed by atoms with van der Waals surface area (Å²) < 4.78 is 0. The Morgan fingerprint density at radius 1 is 1.91 bits per heavy atom. The van der Waals surface area contributed by atoms with Crippen molar-refractivity contribution < 1.29 is 4.79 Å². The first kappa shape index (κ1) is 8.49. The maximum absolute atomic E-state index is 10.9. The summed E-state index contributed by atoms with van der Waals surface area (Å²) in [6.07, 6.45) is 0. The molecule has 0 aliphatic heterocycles. The lowest BCUT2D eigenvalue weighted by molar-refractivity contribution is 0.0962. The summed E-state index contributed by atoms with van der Waals surface area (Å²) in [5, 5.41) is 4.72. The Balaban J connectivity index is 2.80. The molecule has 0 aromatic carbocycles. The number of thiazole rings is 1. The molecule has 1 heterocycles. The third-order valence-electron chi connectivity index (χ3n) is 1.11. The van der Waals surface area contributed by atoms with Crippen molar-refractivity contribution in [2.75, 3.05) is 7.05 Å². The normalized spacial score (nSPS) is 9.64. The average Bonchev–Trinajstić information content (AvgIpc) is 2.50. The van der Waals surface area contributed by atoms with Gasteiger partial charge in [-0.15, -0.1) is 22.9 Å². The Hall–Kier alpha value is -0.610. The first-order valence-corrected chi connectivity index (χ1v) is 4.41. The van der Waals surface area contributed by atoms with Gasteiger partial charge in [-0.05, 0) is 0 Å². The molecule has 0 radical (unpaired) electrons. The molecule has 0 unspecified atom stereocenters. The smallest absolute Gasteiger partial charge is 0.280 e. The van der Waals surface area contributed by atoms with Crippen molar-refractivity contribution in [3.63, 3.8) is 0 Å². The van der Waals surface area contributed by atoms with Gasteiger partial charge in [-0.25, -0.2) is 4.98 Å². The zero-order chi connectivity index (χ0) is 8.27. The van der Waals surface area contributed by atoms with Crippen molar-refractivity contribution in [2.24, 2.45) is 0 Å². The number of alkyl halides is 1. The molecule has 0 saturated carbocycles. The third kappa shape index (κ3) is 1.91. The summed E-state index contributed by atoms with van der Waals surface area (Å²) in [5.41, 5.74) is 0.746. The molecule has 60 valence electrons. The van der Waals surface area contributed by atoms with Crippen molar-refractivity contribution in [1.29, 1.82) is 0 Å². The molecule has 1 amide bonds. The SMILES string of the molecule is CNC(=O)c1nc(CCl)cs1. The van der Waals surface area contributed by atoms with Crippen LogP contribution in [0.25, 0.3) is 0 Å². The van der Waals surface area contributed by atoms with E-state index >= 15 is 0 Å². The van der Waals surface area contributed by atoms with Crippen LogP contribution in [0, 0.1) is 0 Å². The average molecular weight is 191 g/mol. The van der Waals surface area contributed by atoms with Gasteiger partial charge in [0.25, 0.3) is 5.91 Å². The minimum absolute atomic E-state index is 0.161. The van der Waals surface area contributed by atoms with Gasteiger partial charge in [0.15, 0.2) is 5.01 Å². The molecule has 1 N–H and O–H groups in total. The van der Waals surface area contributed by atoms with Crippen LogP contribution in [0.1, 0.15) is 15.5 Å². The van der Waals surface area contributed by atoms with E-state index in [4.69, 9.17) is 11.6 Å². The molecule has 5 heteroatoms. The molecule has 0 bridgehead atoms. The van der Waals surface area contributed by atoms with Crippen LogP contribution in [0.5, 0.6) is 0 Å². The van der Waals surface area contributed by atoms with Crippen molar-refractivity contribution in [3.05, 3.63) is 16.1 Å². The minimum atomic E-state index is -0.161. The van der Waals surface area contributed by atoms with E-state index in [2.05, 4.69) is 10.3 Å². The molecular formula is C6H7ClN2OS. The number of aromatic nitrogens is 1. The van der Waals surface area contributed by atoms with E-state index in [1.807, 2.05) is 0 Å². The van der Waals surface area contributed by atoms with Crippen LogP contribution in [-0.2, 0) is 5.88 Å². The predicted molar refractivity (Wildman–Crippen MR) is 45.1 cm³/mol. The first-order chi connectivity index (χ1) is 5.27. The van der Waals surface area contributed by atoms with Gasteiger partial charge in [0.05, 0.1) is 11.6 Å². The van der Waals surface area contributed by atoms with Gasteiger partial charge in [-0.2, -0.15) is 0 Å². The predicted octanol–water partition coefficient (Wildman–Crippen LogP) is 1.24. The van der Waals surface area contributed by atoms with E-state index in [1.54, 1.807) is 12.4 Å². The van der Waals surface area contributed by atoms with Gasteiger partial charge < -0.3 is 5.32 Å². The maximum atomic E-state index is 10.9. The van der Waals surface area contributed by atoms with Gasteiger partial charge in [-0.1, -0.05) is 0 Å². The Morgan fingerprint density at radius 3 is 3.09 bits per heavy atom. The number of hydrogen-bond donors (Lipinski definition) is 1. The van der Waals surface area contributed by atoms with Crippen LogP contribution in [-0.4, -0.2) is 17.9 Å². The van der Waals surface area contributed by atoms with Crippen LogP contribution >= 0.6 is 22.9 Å². The number of halogens is 1. The van der Waals surface area contributed by atoms with Crippen LogP contribution < -0.4 is 5.32 Å². The second kappa shape index (κ2) is 3.69. The monoisotopic (exact) mass is 190 g/mol. The lowest BCUT2D eigenvalue weighted by Crippen LogP contribution is -2.17. The van der Waals surface area contributed by atoms with Crippen LogP contribution in [0.3, 0.4) is 0 Å². The largest absolute Gasteiger partial charge is 0.353 e. The summed E-state index contributed by atoms with van der Waals surface area (Å²) in [4.78, 5) is 14.9. The lowest BCUT2D eigenvalue weighted by Gasteiger charge is -1.90. The highest BCUT2D eigenvalue weighted by Crippen LogP contribution is 2.10. The zero-order valence-electron chi connectivity index (χ0n) is 5.93. The molecule has 0 spiro atoms. The molecular weight excluding hydrogens is 184 g/mol. The molecule has 0 fully saturated rings. The van der Waals surface area contributed by atoms with Gasteiger partial charge in [0.2, 0.25) is 0 Å². The fourth-order valence-electron chi connectivity index (χ4n) is 0.580. The molecule has 1 aromatic heterocycles. The van der Waals surface area contributed by atoms with E-state index in [0.29, 0.717) is 10.9 Å². The van der Waals surface area contributed by atoms with E-state index in [-0.39, 0.29) is 5.91 Å². The van der Waals surface area contributed by atoms with Crippen LogP contribution in [0.4, 0.5) is 0 Å². The van der Waals surface area contributed by atoms with Crippen molar-refractivity contribution in [1.82, 2.24) is 10.3 Å². The molecule has 3 nitrogen and oxygen atoms in total. The number of amides is 1. The second-order valence-corrected chi connectivity index (χ2v) is 2.98. The van der Waals surface area contributed by atoms with Gasteiger partial charge in [-0.3, -0.25) is 4.79 Å². The summed E-state index contributed by atoms with van der Waals surface area (Å²) in [7, 11) is 1.57. The van der Waals surface area contributed by atoms with E-state index in [1.165, 1.54) is 11.3 Å².